The fraction of sp³-hybridized carbons (Fsp3) is 0.333. The number of anilines is 2. The molecule has 1 fully saturated rings. The summed E-state index contributed by atoms with van der Waals surface area (Å²) in [6, 6.07) is 13.8. The molecular weight excluding hydrogens is 340 g/mol. The fourth-order valence-electron chi connectivity index (χ4n) is 3.17. The second-order valence-electron chi connectivity index (χ2n) is 6.89. The lowest BCUT2D eigenvalue weighted by Gasteiger charge is -2.11. The molecule has 1 amide bonds. The Hall–Kier alpha value is -2.86. The van der Waals surface area contributed by atoms with E-state index in [1.165, 1.54) is 11.1 Å². The number of aliphatic imine (C=N–C) groups is 1. The summed E-state index contributed by atoms with van der Waals surface area (Å²) in [7, 11) is 0. The minimum atomic E-state index is -0.343. The van der Waals surface area contributed by atoms with Gasteiger partial charge >= 0.3 is 0 Å². The minimum Gasteiger partial charge on any atom is -0.370 e. The van der Waals surface area contributed by atoms with Crippen LogP contribution in [-0.4, -0.2) is 24.6 Å². The Morgan fingerprint density at radius 2 is 1.93 bits per heavy atom. The summed E-state index contributed by atoms with van der Waals surface area (Å²) in [4.78, 5) is 16.5. The van der Waals surface area contributed by atoms with Crippen LogP contribution in [0.2, 0.25) is 0 Å². The van der Waals surface area contributed by atoms with Crippen LogP contribution in [0.1, 0.15) is 29.5 Å². The van der Waals surface area contributed by atoms with Crippen molar-refractivity contribution in [1.29, 1.82) is 0 Å². The lowest BCUT2D eigenvalue weighted by Crippen LogP contribution is -2.26. The van der Waals surface area contributed by atoms with Gasteiger partial charge in [-0.3, -0.25) is 4.79 Å². The number of rotatable bonds is 5. The van der Waals surface area contributed by atoms with Crippen LogP contribution in [0.15, 0.2) is 47.5 Å². The van der Waals surface area contributed by atoms with Gasteiger partial charge in [-0.25, -0.2) is 4.99 Å². The highest BCUT2D eigenvalue weighted by molar-refractivity contribution is 5.94. The number of aryl methyl sites for hydroxylation is 2. The van der Waals surface area contributed by atoms with Crippen molar-refractivity contribution in [3.05, 3.63) is 59.2 Å². The second kappa shape index (κ2) is 8.68. The maximum absolute atomic E-state index is 12.2. The zero-order valence-electron chi connectivity index (χ0n) is 15.8. The maximum atomic E-state index is 12.2. The molecule has 6 nitrogen and oxygen atoms in total. The van der Waals surface area contributed by atoms with E-state index >= 15 is 0 Å². The van der Waals surface area contributed by atoms with Crippen molar-refractivity contribution in [3.63, 3.8) is 0 Å². The monoisotopic (exact) mass is 366 g/mol. The number of nitrogens with two attached hydrogens (primary N) is 1. The summed E-state index contributed by atoms with van der Waals surface area (Å²) in [6.45, 7) is 5.16. The Morgan fingerprint density at radius 3 is 2.63 bits per heavy atom. The van der Waals surface area contributed by atoms with Crippen LogP contribution in [0.4, 0.5) is 11.4 Å². The number of guanidine groups is 1. The standard InChI is InChI=1S/C21H26N4O2/c1-14-9-15(2)11-18(10-14)25-21(22)23-13-16-5-3-6-17(12-16)24-20(26)19-7-4-8-27-19/h3,5-6,9-12,19H,4,7-8,13H2,1-2H3,(H,24,26)(H3,22,23,25). The predicted octanol–water partition coefficient (Wildman–Crippen LogP) is 3.35. The first kappa shape index (κ1) is 18.9. The molecule has 1 unspecified atom stereocenters. The molecule has 2 aromatic carbocycles. The molecule has 6 heteroatoms. The molecule has 1 aliphatic rings. The molecule has 0 aliphatic carbocycles. The Bertz CT molecular complexity index is 822. The van der Waals surface area contributed by atoms with Gasteiger partial charge in [0.1, 0.15) is 6.10 Å². The molecule has 0 aromatic heterocycles. The van der Waals surface area contributed by atoms with E-state index in [9.17, 15) is 4.79 Å². The summed E-state index contributed by atoms with van der Waals surface area (Å²) in [5, 5.41) is 6.02. The highest BCUT2D eigenvalue weighted by Crippen LogP contribution is 2.17. The summed E-state index contributed by atoms with van der Waals surface area (Å²) >= 11 is 0. The van der Waals surface area contributed by atoms with Gasteiger partial charge in [0, 0.05) is 18.0 Å². The number of carbonyl (C=O) groups is 1. The van der Waals surface area contributed by atoms with Gasteiger partial charge in [-0.15, -0.1) is 0 Å². The minimum absolute atomic E-state index is 0.0934. The summed E-state index contributed by atoms with van der Waals surface area (Å²) in [5.41, 5.74) is 11.0. The molecular formula is C21H26N4O2. The average Bonchev–Trinajstić information content (AvgIpc) is 3.14. The van der Waals surface area contributed by atoms with Gasteiger partial charge in [0.15, 0.2) is 5.96 Å². The van der Waals surface area contributed by atoms with E-state index in [0.717, 1.165) is 29.8 Å². The van der Waals surface area contributed by atoms with Crippen molar-refractivity contribution in [2.45, 2.75) is 39.3 Å². The van der Waals surface area contributed by atoms with E-state index in [4.69, 9.17) is 10.5 Å². The number of amides is 1. The molecule has 0 radical (unpaired) electrons. The fourth-order valence-corrected chi connectivity index (χ4v) is 3.17. The van der Waals surface area contributed by atoms with E-state index in [0.29, 0.717) is 19.1 Å². The van der Waals surface area contributed by atoms with E-state index < -0.39 is 0 Å². The van der Waals surface area contributed by atoms with Crippen LogP contribution >= 0.6 is 0 Å². The molecule has 1 saturated heterocycles. The number of nitrogens with zero attached hydrogens (tertiary/aromatic N) is 1. The Kier molecular flexibility index (Phi) is 6.08. The van der Waals surface area contributed by atoms with Crippen LogP contribution in [0.3, 0.4) is 0 Å². The van der Waals surface area contributed by atoms with Crippen molar-refractivity contribution in [3.8, 4) is 0 Å². The van der Waals surface area contributed by atoms with Crippen LogP contribution in [0, 0.1) is 13.8 Å². The quantitative estimate of drug-likeness (QED) is 0.559. The van der Waals surface area contributed by atoms with Crippen LogP contribution in [0.5, 0.6) is 0 Å². The predicted molar refractivity (Wildman–Crippen MR) is 109 cm³/mol. The summed E-state index contributed by atoms with van der Waals surface area (Å²) in [5.74, 6) is 0.262. The molecule has 1 heterocycles. The molecule has 2 aromatic rings. The van der Waals surface area contributed by atoms with Gasteiger partial charge in [0.25, 0.3) is 5.91 Å². The van der Waals surface area contributed by atoms with E-state index in [1.807, 2.05) is 50.2 Å². The second-order valence-corrected chi connectivity index (χ2v) is 6.89. The number of hydrogen-bond acceptors (Lipinski definition) is 3. The number of hydrogen-bond donors (Lipinski definition) is 3. The molecule has 142 valence electrons. The highest BCUT2D eigenvalue weighted by Gasteiger charge is 2.23. The Balaban J connectivity index is 1.59. The number of nitrogens with one attached hydrogen (secondary N) is 2. The van der Waals surface area contributed by atoms with Crippen molar-refractivity contribution in [1.82, 2.24) is 0 Å². The van der Waals surface area contributed by atoms with Gasteiger partial charge in [-0.05, 0) is 67.6 Å². The van der Waals surface area contributed by atoms with E-state index in [2.05, 4.69) is 21.7 Å². The first-order chi connectivity index (χ1) is 13.0. The van der Waals surface area contributed by atoms with Crippen LogP contribution in [-0.2, 0) is 16.1 Å². The zero-order chi connectivity index (χ0) is 19.2. The zero-order valence-corrected chi connectivity index (χ0v) is 15.8. The van der Waals surface area contributed by atoms with Gasteiger partial charge in [0.2, 0.25) is 0 Å². The molecule has 27 heavy (non-hydrogen) atoms. The van der Waals surface area contributed by atoms with Crippen molar-refractivity contribution >= 4 is 23.2 Å². The number of ether oxygens (including phenoxy) is 1. The topological polar surface area (TPSA) is 88.7 Å². The molecule has 3 rings (SSSR count). The SMILES string of the molecule is Cc1cc(C)cc(NC(N)=NCc2cccc(NC(=O)C3CCCO3)c2)c1. The maximum Gasteiger partial charge on any atom is 0.253 e. The molecule has 0 bridgehead atoms. The Labute approximate surface area is 159 Å². The van der Waals surface area contributed by atoms with Gasteiger partial charge in [-0.1, -0.05) is 18.2 Å². The van der Waals surface area contributed by atoms with Crippen LogP contribution < -0.4 is 16.4 Å². The number of carbonyl (C=O) groups excluding carboxylic acids is 1. The highest BCUT2D eigenvalue weighted by atomic mass is 16.5. The third-order valence-corrected chi connectivity index (χ3v) is 4.34. The van der Waals surface area contributed by atoms with Gasteiger partial charge in [-0.2, -0.15) is 0 Å². The smallest absolute Gasteiger partial charge is 0.253 e. The molecule has 0 spiro atoms. The third kappa shape index (κ3) is 5.56. The summed E-state index contributed by atoms with van der Waals surface area (Å²) in [6.07, 6.45) is 1.36. The molecule has 1 aliphatic heterocycles. The van der Waals surface area contributed by atoms with Gasteiger partial charge < -0.3 is 21.1 Å². The van der Waals surface area contributed by atoms with Crippen LogP contribution in [0.25, 0.3) is 0 Å². The lowest BCUT2D eigenvalue weighted by molar-refractivity contribution is -0.124. The lowest BCUT2D eigenvalue weighted by atomic mass is 10.1. The first-order valence-corrected chi connectivity index (χ1v) is 9.16. The van der Waals surface area contributed by atoms with Crippen molar-refractivity contribution in [2.24, 2.45) is 10.7 Å². The Morgan fingerprint density at radius 1 is 1.15 bits per heavy atom. The molecule has 4 N–H and O–H groups in total. The largest absolute Gasteiger partial charge is 0.370 e. The van der Waals surface area contributed by atoms with Gasteiger partial charge in [0.05, 0.1) is 6.54 Å². The normalized spacial score (nSPS) is 17.0. The third-order valence-electron chi connectivity index (χ3n) is 4.34. The first-order valence-electron chi connectivity index (χ1n) is 9.16. The van der Waals surface area contributed by atoms with E-state index in [-0.39, 0.29) is 12.0 Å². The average molecular weight is 366 g/mol. The van der Waals surface area contributed by atoms with Crippen molar-refractivity contribution in [2.75, 3.05) is 17.2 Å². The van der Waals surface area contributed by atoms with E-state index in [1.54, 1.807) is 0 Å². The number of benzene rings is 2. The molecule has 1 atom stereocenters. The van der Waals surface area contributed by atoms with Crippen molar-refractivity contribution < 1.29 is 9.53 Å². The molecule has 0 saturated carbocycles. The summed E-state index contributed by atoms with van der Waals surface area (Å²) < 4.78 is 5.41.